The maximum atomic E-state index is 12.2. The molecule has 0 atom stereocenters. The molecule has 0 spiro atoms. The van der Waals surface area contributed by atoms with E-state index >= 15 is 0 Å². The van der Waals surface area contributed by atoms with Gasteiger partial charge in [-0.1, -0.05) is 12.1 Å². The molecule has 0 saturated heterocycles. The van der Waals surface area contributed by atoms with Gasteiger partial charge in [-0.3, -0.25) is 4.68 Å². The lowest BCUT2D eigenvalue weighted by molar-refractivity contribution is -0.0498. The number of nitrogens with one attached hydrogen (secondary N) is 1. The predicted octanol–water partition coefficient (Wildman–Crippen LogP) is 2.38. The summed E-state index contributed by atoms with van der Waals surface area (Å²) in [5, 5.41) is 16.7. The number of alkyl halides is 2. The van der Waals surface area contributed by atoms with Crippen LogP contribution in [-0.4, -0.2) is 28.1 Å². The molecule has 0 aliphatic heterocycles. The molecule has 2 rings (SSSR count). The lowest BCUT2D eigenvalue weighted by Crippen LogP contribution is -2.14. The van der Waals surface area contributed by atoms with Crippen molar-refractivity contribution >= 4 is 0 Å². The van der Waals surface area contributed by atoms with Crippen molar-refractivity contribution in [3.8, 4) is 5.75 Å². The lowest BCUT2D eigenvalue weighted by atomic mass is 10.1. The summed E-state index contributed by atoms with van der Waals surface area (Å²) in [6.45, 7) is 2.73. The quantitative estimate of drug-likeness (QED) is 0.782. The first kappa shape index (κ1) is 17.4. The van der Waals surface area contributed by atoms with Crippen molar-refractivity contribution in [2.45, 2.75) is 40.1 Å². The van der Waals surface area contributed by atoms with Gasteiger partial charge in [0.05, 0.1) is 18.8 Å². The number of hydrogen-bond donors (Lipinski definition) is 2. The van der Waals surface area contributed by atoms with E-state index in [1.165, 1.54) is 6.07 Å². The molecule has 5 nitrogen and oxygen atoms in total. The maximum absolute atomic E-state index is 12.2. The number of aliphatic hydroxyl groups is 1. The third-order valence-electron chi connectivity index (χ3n) is 3.60. The molecule has 0 saturated carbocycles. The summed E-state index contributed by atoms with van der Waals surface area (Å²) in [6.07, 6.45) is 0. The number of benzene rings is 1. The largest absolute Gasteiger partial charge is 0.435 e. The van der Waals surface area contributed by atoms with Crippen LogP contribution < -0.4 is 10.1 Å². The second kappa shape index (κ2) is 8.03. The minimum Gasteiger partial charge on any atom is -0.435 e. The van der Waals surface area contributed by atoms with Gasteiger partial charge < -0.3 is 15.2 Å². The fraction of sp³-hybridized carbons (Fsp3) is 0.438. The number of aliphatic hydroxyl groups excluding tert-OH is 1. The van der Waals surface area contributed by atoms with Gasteiger partial charge in [0.2, 0.25) is 0 Å². The van der Waals surface area contributed by atoms with Crippen LogP contribution in [0, 0.1) is 13.8 Å². The van der Waals surface area contributed by atoms with E-state index in [-0.39, 0.29) is 12.4 Å². The fourth-order valence-electron chi connectivity index (χ4n) is 2.47. The molecule has 1 aromatic heterocycles. The summed E-state index contributed by atoms with van der Waals surface area (Å²) < 4.78 is 30.6. The van der Waals surface area contributed by atoms with E-state index in [4.69, 9.17) is 5.11 Å². The molecule has 2 aromatic rings. The molecule has 0 amide bonds. The van der Waals surface area contributed by atoms with Gasteiger partial charge in [0.15, 0.2) is 0 Å². The molecule has 23 heavy (non-hydrogen) atoms. The summed E-state index contributed by atoms with van der Waals surface area (Å²) in [6, 6.07) is 6.63. The van der Waals surface area contributed by atoms with Crippen LogP contribution in [0.5, 0.6) is 5.75 Å². The normalized spacial score (nSPS) is 11.2. The van der Waals surface area contributed by atoms with Gasteiger partial charge in [-0.2, -0.15) is 13.9 Å². The van der Waals surface area contributed by atoms with Crippen LogP contribution in [0.25, 0.3) is 0 Å². The number of ether oxygens (including phenoxy) is 1. The molecule has 126 valence electrons. The molecule has 0 bridgehead atoms. The van der Waals surface area contributed by atoms with E-state index < -0.39 is 6.61 Å². The molecule has 0 aliphatic rings. The van der Waals surface area contributed by atoms with E-state index in [0.717, 1.165) is 22.5 Å². The second-order valence-electron chi connectivity index (χ2n) is 5.23. The van der Waals surface area contributed by atoms with Gasteiger partial charge >= 0.3 is 6.61 Å². The molecule has 7 heteroatoms. The zero-order chi connectivity index (χ0) is 16.8. The van der Waals surface area contributed by atoms with Gasteiger partial charge in [0, 0.05) is 24.3 Å². The molecule has 0 fully saturated rings. The van der Waals surface area contributed by atoms with Crippen molar-refractivity contribution in [1.29, 1.82) is 0 Å². The molecule has 0 radical (unpaired) electrons. The summed E-state index contributed by atoms with van der Waals surface area (Å²) >= 11 is 0. The number of hydrogen-bond acceptors (Lipinski definition) is 4. The summed E-state index contributed by atoms with van der Waals surface area (Å²) in [4.78, 5) is 0. The Morgan fingerprint density at radius 2 is 2.09 bits per heavy atom. The van der Waals surface area contributed by atoms with Crippen LogP contribution in [0.2, 0.25) is 0 Å². The Balaban J connectivity index is 1.95. The van der Waals surface area contributed by atoms with Gasteiger partial charge in [-0.15, -0.1) is 0 Å². The SMILES string of the molecule is Cc1nn(CCO)c(C)c1CNCc1cccc(OC(F)F)c1. The zero-order valence-electron chi connectivity index (χ0n) is 13.2. The highest BCUT2D eigenvalue weighted by Gasteiger charge is 2.11. The van der Waals surface area contributed by atoms with E-state index in [1.807, 2.05) is 19.9 Å². The highest BCUT2D eigenvalue weighted by atomic mass is 19.3. The van der Waals surface area contributed by atoms with Gasteiger partial charge in [0.25, 0.3) is 0 Å². The topological polar surface area (TPSA) is 59.3 Å². The van der Waals surface area contributed by atoms with E-state index in [0.29, 0.717) is 19.6 Å². The van der Waals surface area contributed by atoms with Crippen LogP contribution in [0.3, 0.4) is 0 Å². The van der Waals surface area contributed by atoms with E-state index in [1.54, 1.807) is 16.8 Å². The Hall–Kier alpha value is -1.99. The average Bonchev–Trinajstić information content (AvgIpc) is 2.75. The van der Waals surface area contributed by atoms with E-state index in [9.17, 15) is 8.78 Å². The predicted molar refractivity (Wildman–Crippen MR) is 82.4 cm³/mol. The Morgan fingerprint density at radius 3 is 2.78 bits per heavy atom. The molecular formula is C16H21F2N3O2. The highest BCUT2D eigenvalue weighted by Crippen LogP contribution is 2.17. The standard InChI is InChI=1S/C16H21F2N3O2/c1-11-15(12(2)21(20-11)6-7-22)10-19-9-13-4-3-5-14(8-13)23-16(17)18/h3-5,8,16,19,22H,6-7,9-10H2,1-2H3. The molecule has 2 N–H and O–H groups in total. The first-order valence-electron chi connectivity index (χ1n) is 7.39. The van der Waals surface area contributed by atoms with Crippen LogP contribution in [-0.2, 0) is 19.6 Å². The number of nitrogens with zero attached hydrogens (tertiary/aromatic N) is 2. The van der Waals surface area contributed by atoms with Crippen LogP contribution in [0.1, 0.15) is 22.5 Å². The second-order valence-corrected chi connectivity index (χ2v) is 5.23. The van der Waals surface area contributed by atoms with Crippen molar-refractivity contribution in [2.24, 2.45) is 0 Å². The van der Waals surface area contributed by atoms with Crippen molar-refractivity contribution in [3.05, 3.63) is 46.8 Å². The molecule has 0 aliphatic carbocycles. The summed E-state index contributed by atoms with van der Waals surface area (Å²) in [5.74, 6) is 0.155. The summed E-state index contributed by atoms with van der Waals surface area (Å²) in [5.41, 5.74) is 3.87. The van der Waals surface area contributed by atoms with Crippen LogP contribution in [0.4, 0.5) is 8.78 Å². The van der Waals surface area contributed by atoms with Gasteiger partial charge in [-0.05, 0) is 31.5 Å². The van der Waals surface area contributed by atoms with Crippen LogP contribution in [0.15, 0.2) is 24.3 Å². The number of rotatable bonds is 8. The Kier molecular flexibility index (Phi) is 6.06. The average molecular weight is 325 g/mol. The Labute approximate surface area is 133 Å². The zero-order valence-corrected chi connectivity index (χ0v) is 13.2. The minimum atomic E-state index is -2.82. The Morgan fingerprint density at radius 1 is 1.30 bits per heavy atom. The first-order chi connectivity index (χ1) is 11.0. The molecule has 0 unspecified atom stereocenters. The van der Waals surface area contributed by atoms with Crippen molar-refractivity contribution in [3.63, 3.8) is 0 Å². The van der Waals surface area contributed by atoms with Crippen molar-refractivity contribution in [1.82, 2.24) is 15.1 Å². The highest BCUT2D eigenvalue weighted by molar-refractivity contribution is 5.29. The van der Waals surface area contributed by atoms with E-state index in [2.05, 4.69) is 15.2 Å². The molecular weight excluding hydrogens is 304 g/mol. The van der Waals surface area contributed by atoms with Crippen LogP contribution >= 0.6 is 0 Å². The van der Waals surface area contributed by atoms with Gasteiger partial charge in [0.1, 0.15) is 5.75 Å². The molecule has 1 heterocycles. The smallest absolute Gasteiger partial charge is 0.387 e. The fourth-order valence-corrected chi connectivity index (χ4v) is 2.47. The Bertz CT molecular complexity index is 644. The number of aromatic nitrogens is 2. The van der Waals surface area contributed by atoms with Crippen molar-refractivity contribution < 1.29 is 18.6 Å². The first-order valence-corrected chi connectivity index (χ1v) is 7.39. The lowest BCUT2D eigenvalue weighted by Gasteiger charge is -2.09. The third-order valence-corrected chi connectivity index (χ3v) is 3.60. The minimum absolute atomic E-state index is 0.0474. The maximum Gasteiger partial charge on any atom is 0.387 e. The monoisotopic (exact) mass is 325 g/mol. The number of halogens is 2. The molecule has 1 aromatic carbocycles. The summed E-state index contributed by atoms with van der Waals surface area (Å²) in [7, 11) is 0. The van der Waals surface area contributed by atoms with Crippen molar-refractivity contribution in [2.75, 3.05) is 6.61 Å². The third kappa shape index (κ3) is 4.74. The van der Waals surface area contributed by atoms with Gasteiger partial charge in [-0.25, -0.2) is 0 Å². The number of aryl methyl sites for hydroxylation is 1.